The van der Waals surface area contributed by atoms with Gasteiger partial charge in [0.15, 0.2) is 0 Å². The lowest BCUT2D eigenvalue weighted by Crippen LogP contribution is -2.56. The molecule has 0 bridgehead atoms. The van der Waals surface area contributed by atoms with E-state index in [0.29, 0.717) is 5.54 Å². The van der Waals surface area contributed by atoms with Crippen LogP contribution in [0.2, 0.25) is 0 Å². The van der Waals surface area contributed by atoms with Crippen molar-refractivity contribution >= 4 is 0 Å². The first-order valence-electron chi connectivity index (χ1n) is 7.08. The van der Waals surface area contributed by atoms with E-state index in [0.717, 1.165) is 12.0 Å². The minimum Gasteiger partial charge on any atom is -0.310 e. The molecule has 2 nitrogen and oxygen atoms in total. The zero-order valence-electron chi connectivity index (χ0n) is 11.3. The van der Waals surface area contributed by atoms with Crippen molar-refractivity contribution in [3.05, 3.63) is 0 Å². The highest BCUT2D eigenvalue weighted by atomic mass is 15.2. The van der Waals surface area contributed by atoms with E-state index in [4.69, 9.17) is 0 Å². The largest absolute Gasteiger partial charge is 0.310 e. The summed E-state index contributed by atoms with van der Waals surface area (Å²) in [7, 11) is 0. The Hall–Kier alpha value is -0.0800. The van der Waals surface area contributed by atoms with Gasteiger partial charge in [-0.05, 0) is 52.0 Å². The van der Waals surface area contributed by atoms with E-state index in [1.165, 1.54) is 51.7 Å². The minimum absolute atomic E-state index is 0.379. The van der Waals surface area contributed by atoms with Crippen LogP contribution in [0, 0.1) is 5.92 Å². The molecule has 0 aromatic rings. The molecule has 3 unspecified atom stereocenters. The first-order chi connectivity index (χ1) is 7.59. The molecule has 2 fully saturated rings. The van der Waals surface area contributed by atoms with Crippen LogP contribution >= 0.6 is 0 Å². The molecule has 0 aromatic heterocycles. The fraction of sp³-hybridized carbons (Fsp3) is 1.00. The molecule has 0 aromatic carbocycles. The summed E-state index contributed by atoms with van der Waals surface area (Å²) in [4.78, 5) is 2.71. The standard InChI is InChI=1S/C14H28N2/c1-12-6-7-13(2)16(10-12)11-14(3)8-4-5-9-15-14/h12-13,15H,4-11H2,1-3H3. The van der Waals surface area contributed by atoms with E-state index in [-0.39, 0.29) is 0 Å². The van der Waals surface area contributed by atoms with Crippen molar-refractivity contribution < 1.29 is 0 Å². The second-order valence-corrected chi connectivity index (χ2v) is 6.41. The van der Waals surface area contributed by atoms with Gasteiger partial charge in [-0.3, -0.25) is 4.90 Å². The Kier molecular flexibility index (Phi) is 3.91. The predicted octanol–water partition coefficient (Wildman–Crippen LogP) is 2.64. The monoisotopic (exact) mass is 224 g/mol. The van der Waals surface area contributed by atoms with Gasteiger partial charge in [0.25, 0.3) is 0 Å². The van der Waals surface area contributed by atoms with Crippen LogP contribution in [0.5, 0.6) is 0 Å². The summed E-state index contributed by atoms with van der Waals surface area (Å²) < 4.78 is 0. The summed E-state index contributed by atoms with van der Waals surface area (Å²) in [5, 5.41) is 3.74. The summed E-state index contributed by atoms with van der Waals surface area (Å²) in [5.41, 5.74) is 0.379. The molecule has 2 heterocycles. The Morgan fingerprint density at radius 3 is 2.75 bits per heavy atom. The molecule has 3 atom stereocenters. The maximum Gasteiger partial charge on any atom is 0.0280 e. The fourth-order valence-corrected chi connectivity index (χ4v) is 3.30. The topological polar surface area (TPSA) is 15.3 Å². The molecule has 0 saturated carbocycles. The molecule has 1 N–H and O–H groups in total. The number of hydrogen-bond donors (Lipinski definition) is 1. The number of hydrogen-bond acceptors (Lipinski definition) is 2. The normalized spacial score (nSPS) is 42.2. The lowest BCUT2D eigenvalue weighted by atomic mass is 9.87. The van der Waals surface area contributed by atoms with Gasteiger partial charge in [0.05, 0.1) is 0 Å². The van der Waals surface area contributed by atoms with Gasteiger partial charge < -0.3 is 5.32 Å². The van der Waals surface area contributed by atoms with Gasteiger partial charge in [0, 0.05) is 24.7 Å². The molecule has 0 spiro atoms. The Labute approximate surface area is 101 Å². The summed E-state index contributed by atoms with van der Waals surface area (Å²) in [6, 6.07) is 0.789. The predicted molar refractivity (Wildman–Crippen MR) is 69.7 cm³/mol. The fourth-order valence-electron chi connectivity index (χ4n) is 3.30. The van der Waals surface area contributed by atoms with Crippen molar-refractivity contribution in [1.29, 1.82) is 0 Å². The zero-order valence-corrected chi connectivity index (χ0v) is 11.3. The molecule has 2 saturated heterocycles. The molecule has 0 amide bonds. The van der Waals surface area contributed by atoms with Crippen LogP contribution in [0.25, 0.3) is 0 Å². The highest BCUT2D eigenvalue weighted by Crippen LogP contribution is 2.26. The van der Waals surface area contributed by atoms with Gasteiger partial charge in [-0.1, -0.05) is 13.3 Å². The van der Waals surface area contributed by atoms with Gasteiger partial charge in [-0.2, -0.15) is 0 Å². The van der Waals surface area contributed by atoms with Gasteiger partial charge in [-0.25, -0.2) is 0 Å². The summed E-state index contributed by atoms with van der Waals surface area (Å²) in [5.74, 6) is 0.892. The van der Waals surface area contributed by atoms with Crippen molar-refractivity contribution in [1.82, 2.24) is 10.2 Å². The third-order valence-electron chi connectivity index (χ3n) is 4.51. The number of likely N-dealkylation sites (tertiary alicyclic amines) is 1. The average molecular weight is 224 g/mol. The molecule has 16 heavy (non-hydrogen) atoms. The van der Waals surface area contributed by atoms with E-state index in [1.54, 1.807) is 0 Å². The third-order valence-corrected chi connectivity index (χ3v) is 4.51. The van der Waals surface area contributed by atoms with E-state index in [2.05, 4.69) is 31.0 Å². The van der Waals surface area contributed by atoms with Gasteiger partial charge in [0.2, 0.25) is 0 Å². The Morgan fingerprint density at radius 1 is 1.25 bits per heavy atom. The summed E-state index contributed by atoms with van der Waals surface area (Å²) in [6.07, 6.45) is 6.92. The van der Waals surface area contributed by atoms with Gasteiger partial charge in [0.1, 0.15) is 0 Å². The second-order valence-electron chi connectivity index (χ2n) is 6.41. The molecule has 2 aliphatic rings. The summed E-state index contributed by atoms with van der Waals surface area (Å²) >= 11 is 0. The van der Waals surface area contributed by atoms with Crippen molar-refractivity contribution in [3.63, 3.8) is 0 Å². The lowest BCUT2D eigenvalue weighted by molar-refractivity contribution is 0.0794. The molecule has 0 aliphatic carbocycles. The Morgan fingerprint density at radius 2 is 2.06 bits per heavy atom. The highest BCUT2D eigenvalue weighted by molar-refractivity contribution is 4.92. The number of nitrogens with one attached hydrogen (secondary N) is 1. The smallest absolute Gasteiger partial charge is 0.0280 e. The van der Waals surface area contributed by atoms with Crippen LogP contribution in [0.1, 0.15) is 52.9 Å². The number of piperidine rings is 2. The van der Waals surface area contributed by atoms with E-state index in [9.17, 15) is 0 Å². The van der Waals surface area contributed by atoms with Crippen LogP contribution in [0.15, 0.2) is 0 Å². The average Bonchev–Trinajstić information content (AvgIpc) is 2.24. The van der Waals surface area contributed by atoms with Crippen LogP contribution < -0.4 is 5.32 Å². The lowest BCUT2D eigenvalue weighted by Gasteiger charge is -2.44. The first kappa shape index (κ1) is 12.4. The van der Waals surface area contributed by atoms with Crippen molar-refractivity contribution in [2.24, 2.45) is 5.92 Å². The quantitative estimate of drug-likeness (QED) is 0.776. The Balaban J connectivity index is 1.91. The van der Waals surface area contributed by atoms with Crippen molar-refractivity contribution in [2.75, 3.05) is 19.6 Å². The van der Waals surface area contributed by atoms with Crippen LogP contribution in [-0.2, 0) is 0 Å². The Bertz CT molecular complexity index is 221. The number of rotatable bonds is 2. The van der Waals surface area contributed by atoms with Crippen molar-refractivity contribution in [3.8, 4) is 0 Å². The molecule has 2 aliphatic heterocycles. The van der Waals surface area contributed by atoms with Crippen LogP contribution in [-0.4, -0.2) is 36.1 Å². The van der Waals surface area contributed by atoms with E-state index in [1.807, 2.05) is 0 Å². The van der Waals surface area contributed by atoms with Crippen molar-refractivity contribution in [2.45, 2.75) is 64.5 Å². The SMILES string of the molecule is CC1CCC(C)N(CC2(C)CCCCN2)C1. The molecule has 0 radical (unpaired) electrons. The zero-order chi connectivity index (χ0) is 11.6. The van der Waals surface area contributed by atoms with E-state index >= 15 is 0 Å². The van der Waals surface area contributed by atoms with Crippen LogP contribution in [0.4, 0.5) is 0 Å². The number of nitrogens with zero attached hydrogens (tertiary/aromatic N) is 1. The minimum atomic E-state index is 0.379. The maximum atomic E-state index is 3.74. The van der Waals surface area contributed by atoms with Crippen LogP contribution in [0.3, 0.4) is 0 Å². The molecule has 94 valence electrons. The molecular formula is C14H28N2. The first-order valence-corrected chi connectivity index (χ1v) is 7.08. The molecule has 2 heteroatoms. The second kappa shape index (κ2) is 5.05. The maximum absolute atomic E-state index is 3.74. The summed E-state index contributed by atoms with van der Waals surface area (Å²) in [6.45, 7) is 11.0. The molecular weight excluding hydrogens is 196 g/mol. The van der Waals surface area contributed by atoms with Gasteiger partial charge >= 0.3 is 0 Å². The molecule has 2 rings (SSSR count). The van der Waals surface area contributed by atoms with E-state index < -0.39 is 0 Å². The van der Waals surface area contributed by atoms with Gasteiger partial charge in [-0.15, -0.1) is 0 Å². The highest BCUT2D eigenvalue weighted by Gasteiger charge is 2.32. The third kappa shape index (κ3) is 2.98.